The lowest BCUT2D eigenvalue weighted by Crippen LogP contribution is -1.95. The van der Waals surface area contributed by atoms with E-state index in [1.165, 1.54) is 56.6 Å². The van der Waals surface area contributed by atoms with Crippen LogP contribution >= 0.6 is 0 Å². The highest BCUT2D eigenvalue weighted by atomic mass is 19.2. The maximum Gasteiger partial charge on any atom is 0.195 e. The third-order valence-electron chi connectivity index (χ3n) is 5.81. The van der Waals surface area contributed by atoms with Gasteiger partial charge in [0.05, 0.1) is 0 Å². The van der Waals surface area contributed by atoms with E-state index in [0.29, 0.717) is 5.56 Å². The van der Waals surface area contributed by atoms with Crippen LogP contribution in [0.3, 0.4) is 0 Å². The second-order valence-corrected chi connectivity index (χ2v) is 8.19. The topological polar surface area (TPSA) is 0 Å². The van der Waals surface area contributed by atoms with Crippen molar-refractivity contribution in [2.45, 2.75) is 64.7 Å². The molecule has 0 heterocycles. The summed E-state index contributed by atoms with van der Waals surface area (Å²) in [6.45, 7) is 2.24. The molecule has 0 nitrogen and oxygen atoms in total. The van der Waals surface area contributed by atoms with Gasteiger partial charge in [0, 0.05) is 5.56 Å². The van der Waals surface area contributed by atoms with Crippen molar-refractivity contribution in [2.24, 2.45) is 0 Å². The molecule has 31 heavy (non-hydrogen) atoms. The molecule has 0 unspecified atom stereocenters. The van der Waals surface area contributed by atoms with Crippen LogP contribution in [-0.2, 0) is 6.42 Å². The molecule has 3 aromatic carbocycles. The van der Waals surface area contributed by atoms with Gasteiger partial charge in [-0.25, -0.2) is 13.2 Å². The van der Waals surface area contributed by atoms with E-state index in [1.807, 2.05) is 24.3 Å². The Hall–Kier alpha value is -2.55. The van der Waals surface area contributed by atoms with E-state index in [4.69, 9.17) is 0 Å². The summed E-state index contributed by atoms with van der Waals surface area (Å²) in [6, 6.07) is 17.8. The highest BCUT2D eigenvalue weighted by Gasteiger charge is 2.17. The first kappa shape index (κ1) is 23.1. The fourth-order valence-electron chi connectivity index (χ4n) is 4.06. The van der Waals surface area contributed by atoms with Crippen LogP contribution in [0.4, 0.5) is 13.2 Å². The van der Waals surface area contributed by atoms with Crippen LogP contribution in [0, 0.1) is 17.5 Å². The van der Waals surface area contributed by atoms with Gasteiger partial charge < -0.3 is 0 Å². The fraction of sp³-hybridized carbons (Fsp3) is 0.357. The van der Waals surface area contributed by atoms with E-state index in [9.17, 15) is 13.2 Å². The van der Waals surface area contributed by atoms with Crippen molar-refractivity contribution in [3.05, 3.63) is 83.7 Å². The number of benzene rings is 3. The van der Waals surface area contributed by atoms with E-state index >= 15 is 0 Å². The molecule has 0 aliphatic carbocycles. The maximum atomic E-state index is 14.4. The largest absolute Gasteiger partial charge is 0.204 e. The molecule has 0 aliphatic heterocycles. The Balaban J connectivity index is 1.70. The maximum absolute atomic E-state index is 14.4. The number of aryl methyl sites for hydroxylation is 1. The summed E-state index contributed by atoms with van der Waals surface area (Å²) < 4.78 is 41.6. The quantitative estimate of drug-likeness (QED) is 0.213. The van der Waals surface area contributed by atoms with Crippen molar-refractivity contribution < 1.29 is 13.2 Å². The predicted octanol–water partition coefficient (Wildman–Crippen LogP) is 9.12. The van der Waals surface area contributed by atoms with Crippen molar-refractivity contribution in [1.82, 2.24) is 0 Å². The van der Waals surface area contributed by atoms with Gasteiger partial charge in [0.1, 0.15) is 0 Å². The van der Waals surface area contributed by atoms with Crippen LogP contribution in [0.25, 0.3) is 22.3 Å². The van der Waals surface area contributed by atoms with Gasteiger partial charge in [0.15, 0.2) is 17.5 Å². The van der Waals surface area contributed by atoms with Crippen molar-refractivity contribution in [1.29, 1.82) is 0 Å². The molecule has 3 rings (SSSR count). The van der Waals surface area contributed by atoms with Gasteiger partial charge >= 0.3 is 0 Å². The van der Waals surface area contributed by atoms with Crippen molar-refractivity contribution in [3.63, 3.8) is 0 Å². The van der Waals surface area contributed by atoms with E-state index < -0.39 is 17.5 Å². The molecule has 0 bridgehead atoms. The second kappa shape index (κ2) is 11.7. The minimum Gasteiger partial charge on any atom is -0.204 e. The standard InChI is InChI=1S/C28H31F3/c1-2-3-4-5-6-7-8-9-13-21-14-12-15-22(20-21)23-16-10-11-17-24(23)25-18-19-26(29)28(31)27(25)30/h10-12,14-20H,2-9,13H2,1H3. The zero-order valence-corrected chi connectivity index (χ0v) is 18.3. The smallest absolute Gasteiger partial charge is 0.195 e. The van der Waals surface area contributed by atoms with Crippen LogP contribution in [0.5, 0.6) is 0 Å². The van der Waals surface area contributed by atoms with E-state index in [1.54, 1.807) is 12.1 Å². The number of halogens is 3. The molecule has 3 heteroatoms. The molecule has 0 radical (unpaired) electrons. The normalized spacial score (nSPS) is 11.1. The molecule has 164 valence electrons. The summed E-state index contributed by atoms with van der Waals surface area (Å²) in [5.74, 6) is -3.76. The van der Waals surface area contributed by atoms with Gasteiger partial charge in [0.25, 0.3) is 0 Å². The summed E-state index contributed by atoms with van der Waals surface area (Å²) in [7, 11) is 0. The molecule has 0 fully saturated rings. The number of hydrogen-bond acceptors (Lipinski definition) is 0. The first-order valence-corrected chi connectivity index (χ1v) is 11.4. The Morgan fingerprint density at radius 1 is 0.581 bits per heavy atom. The van der Waals surface area contributed by atoms with Gasteiger partial charge in [-0.15, -0.1) is 0 Å². The number of rotatable bonds is 11. The molecule has 0 spiro atoms. The first-order valence-electron chi connectivity index (χ1n) is 11.4. The predicted molar refractivity (Wildman–Crippen MR) is 124 cm³/mol. The minimum atomic E-state index is -1.43. The lowest BCUT2D eigenvalue weighted by molar-refractivity contribution is 0.449. The molecule has 0 amide bonds. The van der Waals surface area contributed by atoms with Crippen molar-refractivity contribution in [3.8, 4) is 22.3 Å². The fourth-order valence-corrected chi connectivity index (χ4v) is 4.06. The highest BCUT2D eigenvalue weighted by molar-refractivity contribution is 5.83. The second-order valence-electron chi connectivity index (χ2n) is 8.19. The van der Waals surface area contributed by atoms with Crippen LogP contribution in [0.2, 0.25) is 0 Å². The summed E-state index contributed by atoms with van der Waals surface area (Å²) >= 11 is 0. The van der Waals surface area contributed by atoms with Crippen molar-refractivity contribution in [2.75, 3.05) is 0 Å². The lowest BCUT2D eigenvalue weighted by atomic mass is 9.92. The Labute approximate surface area is 184 Å². The van der Waals surface area contributed by atoms with Crippen LogP contribution in [-0.4, -0.2) is 0 Å². The van der Waals surface area contributed by atoms with E-state index in [0.717, 1.165) is 30.0 Å². The monoisotopic (exact) mass is 424 g/mol. The Morgan fingerprint density at radius 3 is 2.00 bits per heavy atom. The third kappa shape index (κ3) is 6.22. The van der Waals surface area contributed by atoms with Gasteiger partial charge in [-0.05, 0) is 47.2 Å². The van der Waals surface area contributed by atoms with E-state index in [-0.39, 0.29) is 5.56 Å². The number of unbranched alkanes of at least 4 members (excludes halogenated alkanes) is 7. The van der Waals surface area contributed by atoms with Gasteiger partial charge in [-0.2, -0.15) is 0 Å². The van der Waals surface area contributed by atoms with Gasteiger partial charge in [-0.3, -0.25) is 0 Å². The molecule has 0 N–H and O–H groups in total. The SMILES string of the molecule is CCCCCCCCCCc1cccc(-c2ccccc2-c2ccc(F)c(F)c2F)c1. The molecular weight excluding hydrogens is 393 g/mol. The Bertz CT molecular complexity index is 978. The molecule has 3 aromatic rings. The van der Waals surface area contributed by atoms with Crippen LogP contribution < -0.4 is 0 Å². The minimum absolute atomic E-state index is 0.0722. The summed E-state index contributed by atoms with van der Waals surface area (Å²) in [4.78, 5) is 0. The molecule has 0 atom stereocenters. The van der Waals surface area contributed by atoms with Gasteiger partial charge in [0.2, 0.25) is 0 Å². The zero-order valence-electron chi connectivity index (χ0n) is 18.3. The average Bonchev–Trinajstić information content (AvgIpc) is 2.80. The summed E-state index contributed by atoms with van der Waals surface area (Å²) in [5.41, 5.74) is 3.64. The molecular formula is C28H31F3. The van der Waals surface area contributed by atoms with E-state index in [2.05, 4.69) is 19.1 Å². The Kier molecular flexibility index (Phi) is 8.75. The lowest BCUT2D eigenvalue weighted by Gasteiger charge is -2.13. The molecule has 0 aromatic heterocycles. The molecule has 0 saturated heterocycles. The molecule has 0 saturated carbocycles. The zero-order chi connectivity index (χ0) is 22.1. The third-order valence-corrected chi connectivity index (χ3v) is 5.81. The highest BCUT2D eigenvalue weighted by Crippen LogP contribution is 2.35. The summed E-state index contributed by atoms with van der Waals surface area (Å²) in [5, 5.41) is 0. The van der Waals surface area contributed by atoms with Crippen LogP contribution in [0.1, 0.15) is 63.9 Å². The van der Waals surface area contributed by atoms with Crippen LogP contribution in [0.15, 0.2) is 60.7 Å². The summed E-state index contributed by atoms with van der Waals surface area (Å²) in [6.07, 6.45) is 11.3. The van der Waals surface area contributed by atoms with Crippen molar-refractivity contribution >= 4 is 0 Å². The Morgan fingerprint density at radius 2 is 1.26 bits per heavy atom. The van der Waals surface area contributed by atoms with Gasteiger partial charge in [-0.1, -0.05) is 100 Å². The first-order chi connectivity index (χ1) is 15.1. The number of hydrogen-bond donors (Lipinski definition) is 0. The molecule has 0 aliphatic rings. The average molecular weight is 425 g/mol.